The fourth-order valence-electron chi connectivity index (χ4n) is 3.93. The third-order valence-corrected chi connectivity index (χ3v) is 5.61. The normalized spacial score (nSPS) is 19.0. The van der Waals surface area contributed by atoms with Crippen molar-refractivity contribution >= 4 is 23.9 Å². The Kier molecular flexibility index (Phi) is 7.00. The molecule has 2 aliphatic rings. The number of fused-ring (bicyclic) bond motifs is 1. The second kappa shape index (κ2) is 10.3. The minimum absolute atomic E-state index is 0.0731. The van der Waals surface area contributed by atoms with E-state index in [4.69, 9.17) is 18.9 Å². The highest BCUT2D eigenvalue weighted by Crippen LogP contribution is 2.29. The Morgan fingerprint density at radius 1 is 1.06 bits per heavy atom. The van der Waals surface area contributed by atoms with Crippen LogP contribution in [0.4, 0.5) is 4.79 Å². The molecule has 0 aromatic heterocycles. The van der Waals surface area contributed by atoms with Crippen molar-refractivity contribution in [1.82, 2.24) is 10.6 Å². The molecule has 4 rings (SSSR count). The van der Waals surface area contributed by atoms with Crippen LogP contribution in [0.2, 0.25) is 0 Å². The van der Waals surface area contributed by atoms with Gasteiger partial charge in [-0.05, 0) is 36.2 Å². The lowest BCUT2D eigenvalue weighted by Gasteiger charge is -2.29. The third kappa shape index (κ3) is 5.11. The summed E-state index contributed by atoms with van der Waals surface area (Å²) in [5.74, 6) is -1.48. The van der Waals surface area contributed by atoms with Crippen LogP contribution in [0.15, 0.2) is 59.8 Å². The van der Waals surface area contributed by atoms with Crippen LogP contribution in [-0.4, -0.2) is 50.4 Å². The molecule has 2 amide bonds. The Morgan fingerprint density at radius 2 is 1.80 bits per heavy atom. The summed E-state index contributed by atoms with van der Waals surface area (Å²) in [4.78, 5) is 50.2. The van der Waals surface area contributed by atoms with Crippen molar-refractivity contribution in [3.8, 4) is 5.75 Å². The van der Waals surface area contributed by atoms with Crippen LogP contribution in [0.1, 0.15) is 34.5 Å². The van der Waals surface area contributed by atoms with E-state index < -0.39 is 42.7 Å². The van der Waals surface area contributed by atoms with E-state index in [1.165, 1.54) is 7.11 Å². The average Bonchev–Trinajstić information content (AvgIpc) is 2.87. The summed E-state index contributed by atoms with van der Waals surface area (Å²) in [6.07, 6.45) is -0.980. The van der Waals surface area contributed by atoms with Gasteiger partial charge in [-0.15, -0.1) is 0 Å². The van der Waals surface area contributed by atoms with Crippen LogP contribution in [0, 0.1) is 0 Å². The van der Waals surface area contributed by atoms with Crippen LogP contribution in [0.3, 0.4) is 0 Å². The number of hydrogen-bond acceptors (Lipinski definition) is 8. The Bertz CT molecular complexity index is 1190. The second-order valence-corrected chi connectivity index (χ2v) is 7.78. The predicted octanol–water partition coefficient (Wildman–Crippen LogP) is 2.19. The van der Waals surface area contributed by atoms with Crippen LogP contribution in [-0.2, 0) is 30.2 Å². The van der Waals surface area contributed by atoms with E-state index in [0.717, 1.165) is 0 Å². The van der Waals surface area contributed by atoms with Gasteiger partial charge in [0.05, 0.1) is 36.6 Å². The van der Waals surface area contributed by atoms with E-state index in [9.17, 15) is 19.2 Å². The lowest BCUT2D eigenvalue weighted by Crippen LogP contribution is -2.47. The maximum atomic E-state index is 12.8. The number of ether oxygens (including phenoxy) is 4. The van der Waals surface area contributed by atoms with Crippen LogP contribution >= 0.6 is 0 Å². The zero-order valence-electron chi connectivity index (χ0n) is 19.2. The van der Waals surface area contributed by atoms with Gasteiger partial charge in [0, 0.05) is 6.42 Å². The average molecular weight is 480 g/mol. The number of benzene rings is 2. The van der Waals surface area contributed by atoms with Crippen LogP contribution in [0.5, 0.6) is 5.75 Å². The molecule has 2 atom stereocenters. The Hall–Kier alpha value is -4.34. The van der Waals surface area contributed by atoms with E-state index in [-0.39, 0.29) is 24.3 Å². The van der Waals surface area contributed by atoms with Crippen molar-refractivity contribution in [2.75, 3.05) is 20.3 Å². The highest BCUT2D eigenvalue weighted by molar-refractivity contribution is 5.96. The zero-order valence-corrected chi connectivity index (χ0v) is 19.2. The Balaban J connectivity index is 1.57. The molecule has 0 bridgehead atoms. The number of methoxy groups -OCH3 is 1. The lowest BCUT2D eigenvalue weighted by atomic mass is 9.95. The van der Waals surface area contributed by atoms with E-state index in [1.807, 2.05) is 0 Å². The van der Waals surface area contributed by atoms with Gasteiger partial charge >= 0.3 is 23.9 Å². The summed E-state index contributed by atoms with van der Waals surface area (Å²) >= 11 is 0. The topological polar surface area (TPSA) is 129 Å². The molecule has 0 unspecified atom stereocenters. The molecular formula is C25H24N2O8. The number of amides is 2. The summed E-state index contributed by atoms with van der Waals surface area (Å²) in [6.45, 7) is 1.34. The molecule has 10 nitrogen and oxygen atoms in total. The molecule has 2 aromatic rings. The molecule has 2 aromatic carbocycles. The van der Waals surface area contributed by atoms with Gasteiger partial charge in [0.25, 0.3) is 0 Å². The molecule has 2 heterocycles. The molecule has 0 aliphatic carbocycles. The van der Waals surface area contributed by atoms with Crippen molar-refractivity contribution in [1.29, 1.82) is 0 Å². The molecule has 0 radical (unpaired) electrons. The van der Waals surface area contributed by atoms with Crippen LogP contribution in [0.25, 0.3) is 0 Å². The van der Waals surface area contributed by atoms with Gasteiger partial charge in [0.15, 0.2) is 0 Å². The number of urea groups is 1. The number of rotatable bonds is 7. The second-order valence-electron chi connectivity index (χ2n) is 7.78. The maximum Gasteiger partial charge on any atom is 0.348 e. The minimum atomic E-state index is -1.14. The lowest BCUT2D eigenvalue weighted by molar-refractivity contribution is -0.153. The first-order valence-corrected chi connectivity index (χ1v) is 11.0. The number of carbonyl (C=O) groups is 4. The molecule has 0 saturated carbocycles. The number of esters is 3. The van der Waals surface area contributed by atoms with E-state index in [0.29, 0.717) is 22.4 Å². The van der Waals surface area contributed by atoms with Crippen LogP contribution < -0.4 is 15.4 Å². The Morgan fingerprint density at radius 3 is 2.51 bits per heavy atom. The fourth-order valence-corrected chi connectivity index (χ4v) is 3.93. The largest absolute Gasteiger partial charge is 0.497 e. The van der Waals surface area contributed by atoms with Gasteiger partial charge in [-0.3, -0.25) is 0 Å². The number of nitrogens with one attached hydrogen (secondary N) is 2. The maximum absolute atomic E-state index is 12.8. The SMILES string of the molecule is CCOC(=O)C1=C(COC(=O)[C@@H]2Cc3ccccc3C(=O)O2)NC(=O)N[C@@H]1c1ccc(OC)cc1. The highest BCUT2D eigenvalue weighted by Gasteiger charge is 2.36. The fraction of sp³-hybridized carbons (Fsp3) is 0.280. The monoisotopic (exact) mass is 480 g/mol. The summed E-state index contributed by atoms with van der Waals surface area (Å²) in [7, 11) is 1.53. The van der Waals surface area contributed by atoms with Gasteiger partial charge in [-0.2, -0.15) is 0 Å². The number of carbonyl (C=O) groups excluding carboxylic acids is 4. The van der Waals surface area contributed by atoms with E-state index in [2.05, 4.69) is 10.6 Å². The van der Waals surface area contributed by atoms with Crippen molar-refractivity contribution in [3.05, 3.63) is 76.5 Å². The molecule has 35 heavy (non-hydrogen) atoms. The van der Waals surface area contributed by atoms with Crippen molar-refractivity contribution in [3.63, 3.8) is 0 Å². The summed E-state index contributed by atoms with van der Waals surface area (Å²) in [5, 5.41) is 5.23. The molecular weight excluding hydrogens is 456 g/mol. The molecule has 0 fully saturated rings. The van der Waals surface area contributed by atoms with E-state index in [1.54, 1.807) is 55.5 Å². The number of hydrogen-bond donors (Lipinski definition) is 2. The molecule has 10 heteroatoms. The van der Waals surface area contributed by atoms with Gasteiger partial charge in [-0.1, -0.05) is 30.3 Å². The van der Waals surface area contributed by atoms with Gasteiger partial charge in [0.2, 0.25) is 6.10 Å². The van der Waals surface area contributed by atoms with Gasteiger partial charge in [-0.25, -0.2) is 19.2 Å². The first-order chi connectivity index (χ1) is 16.9. The van der Waals surface area contributed by atoms with Crippen molar-refractivity contribution in [2.24, 2.45) is 0 Å². The molecule has 0 spiro atoms. The van der Waals surface area contributed by atoms with Gasteiger partial charge in [0.1, 0.15) is 12.4 Å². The van der Waals surface area contributed by atoms with Crippen molar-refractivity contribution in [2.45, 2.75) is 25.5 Å². The summed E-state index contributed by atoms with van der Waals surface area (Å²) < 4.78 is 21.0. The summed E-state index contributed by atoms with van der Waals surface area (Å²) in [5.41, 5.74) is 1.84. The molecule has 2 aliphatic heterocycles. The smallest absolute Gasteiger partial charge is 0.348 e. The first kappa shape index (κ1) is 23.8. The van der Waals surface area contributed by atoms with Crippen molar-refractivity contribution < 1.29 is 38.1 Å². The number of cyclic esters (lactones) is 1. The Labute approximate surface area is 201 Å². The van der Waals surface area contributed by atoms with E-state index >= 15 is 0 Å². The quantitative estimate of drug-likeness (QED) is 0.456. The minimum Gasteiger partial charge on any atom is -0.497 e. The zero-order chi connectivity index (χ0) is 24.9. The molecule has 182 valence electrons. The predicted molar refractivity (Wildman–Crippen MR) is 121 cm³/mol. The third-order valence-electron chi connectivity index (χ3n) is 5.61. The highest BCUT2D eigenvalue weighted by atomic mass is 16.6. The van der Waals surface area contributed by atoms with Gasteiger partial charge < -0.3 is 29.6 Å². The standard InChI is InChI=1S/C25H24N2O8/c1-3-33-24(30)20-18(26-25(31)27-21(20)14-8-10-16(32-2)11-9-14)13-34-23(29)19-12-15-6-4-5-7-17(15)22(28)35-19/h4-11,19,21H,3,12-13H2,1-2H3,(H2,26,27,31)/t19-,21+/m0/s1. The summed E-state index contributed by atoms with van der Waals surface area (Å²) in [6, 6.07) is 12.2. The molecule has 2 N–H and O–H groups in total. The first-order valence-electron chi connectivity index (χ1n) is 11.0. The molecule has 0 saturated heterocycles.